The predicted octanol–water partition coefficient (Wildman–Crippen LogP) is 9.69. The fourth-order valence-electron chi connectivity index (χ4n) is 16.1. The number of nitrogens with zero attached hydrogens (tertiary/aromatic N) is 3. The number of carbonyl (C=O) groups is 3. The summed E-state index contributed by atoms with van der Waals surface area (Å²) in [6.07, 6.45) is 16.6. The zero-order valence-corrected chi connectivity index (χ0v) is 40.5. The van der Waals surface area contributed by atoms with E-state index in [0.717, 1.165) is 107 Å². The first kappa shape index (κ1) is 45.7. The van der Waals surface area contributed by atoms with Gasteiger partial charge in [0.25, 0.3) is 0 Å². The summed E-state index contributed by atoms with van der Waals surface area (Å²) in [7, 11) is 0. The lowest BCUT2D eigenvalue weighted by atomic mass is 9.38. The summed E-state index contributed by atoms with van der Waals surface area (Å²) >= 11 is 0. The molecule has 356 valence electrons. The summed E-state index contributed by atoms with van der Waals surface area (Å²) in [5, 5.41) is 3.69. The van der Waals surface area contributed by atoms with Gasteiger partial charge in [0.05, 0.1) is 28.5 Å². The molecule has 2 heterocycles. The van der Waals surface area contributed by atoms with E-state index < -0.39 is 5.54 Å². The number of esters is 2. The van der Waals surface area contributed by atoms with Gasteiger partial charge >= 0.3 is 11.9 Å². The zero-order chi connectivity index (χ0) is 46.0. The number of rotatable bonds is 12. The van der Waals surface area contributed by atoms with Gasteiger partial charge in [-0.2, -0.15) is 0 Å². The highest BCUT2D eigenvalue weighted by molar-refractivity contribution is 5.84. The molecular weight excluding hydrogens is 823 g/mol. The van der Waals surface area contributed by atoms with Gasteiger partial charge in [0.1, 0.15) is 18.5 Å². The van der Waals surface area contributed by atoms with Crippen LogP contribution in [0, 0.1) is 63.6 Å². The molecule has 0 bridgehead atoms. The third-order valence-corrected chi connectivity index (χ3v) is 19.7. The first-order chi connectivity index (χ1) is 31.7. The second kappa shape index (κ2) is 17.8. The Hall–Kier alpha value is -4.02. The second-order valence-electron chi connectivity index (χ2n) is 23.4. The second-order valence-corrected chi connectivity index (χ2v) is 23.4. The number of nitrogens with one attached hydrogen (secondary N) is 1. The van der Waals surface area contributed by atoms with Crippen LogP contribution >= 0.6 is 0 Å². The molecule has 1 saturated heterocycles. The number of aromatic nitrogens is 2. The van der Waals surface area contributed by atoms with Crippen molar-refractivity contribution in [2.45, 2.75) is 155 Å². The van der Waals surface area contributed by atoms with Crippen molar-refractivity contribution in [3.05, 3.63) is 78.2 Å². The van der Waals surface area contributed by atoms with Crippen molar-refractivity contribution in [2.24, 2.45) is 69.3 Å². The quantitative estimate of drug-likeness (QED) is 0.172. The van der Waals surface area contributed by atoms with Gasteiger partial charge in [-0.25, -0.2) is 4.98 Å². The smallest absolute Gasteiger partial charge is 0.309 e. The summed E-state index contributed by atoms with van der Waals surface area (Å²) in [5.41, 5.74) is 9.56. The number of hydrogen-bond donors (Lipinski definition) is 2. The molecule has 6 aliphatic carbocycles. The maximum atomic E-state index is 15.1. The summed E-state index contributed by atoms with van der Waals surface area (Å²) in [4.78, 5) is 49.6. The summed E-state index contributed by atoms with van der Waals surface area (Å²) < 4.78 is 14.3. The number of hydrogen-bond acceptors (Lipinski definition) is 8. The minimum absolute atomic E-state index is 0.0819. The number of amides is 1. The lowest BCUT2D eigenvalue weighted by Crippen LogP contribution is -2.65. The number of nitrogens with two attached hydrogens (primary N) is 1. The molecule has 66 heavy (non-hydrogen) atoms. The topological polar surface area (TPSA) is 129 Å². The number of fused-ring (bicyclic) bond motifs is 7. The van der Waals surface area contributed by atoms with Gasteiger partial charge in [-0.1, -0.05) is 87.9 Å². The Morgan fingerprint density at radius 2 is 1.47 bits per heavy atom. The number of carbonyl (C=O) groups excluding carboxylic acids is 3. The molecule has 10 rings (SSSR count). The molecule has 13 unspecified atom stereocenters. The summed E-state index contributed by atoms with van der Waals surface area (Å²) in [6, 6.07) is 20.0. The number of likely N-dealkylation sites (tertiary alicyclic amines) is 1. The van der Waals surface area contributed by atoms with Crippen molar-refractivity contribution in [3.8, 4) is 11.3 Å². The predicted molar refractivity (Wildman–Crippen MR) is 256 cm³/mol. The van der Waals surface area contributed by atoms with Crippen LogP contribution in [0.25, 0.3) is 11.3 Å². The molecule has 6 saturated carbocycles. The van der Waals surface area contributed by atoms with E-state index in [1.807, 2.05) is 43.3 Å². The van der Waals surface area contributed by atoms with Crippen LogP contribution in [-0.4, -0.2) is 64.1 Å². The van der Waals surface area contributed by atoms with Gasteiger partial charge < -0.3 is 30.0 Å². The number of imidazole rings is 1. The molecule has 3 aromatic rings. The molecule has 2 aromatic carbocycles. The average molecular weight is 900 g/mol. The lowest BCUT2D eigenvalue weighted by molar-refractivity contribution is -0.198. The van der Waals surface area contributed by atoms with Crippen LogP contribution in [0.1, 0.15) is 136 Å². The standard InChI is InChI=1S/C56H77N5O5/c1-36-40(49(62)65-35-37-15-8-6-9-16-37)33-41(36)50(63)66-46-24-27-55(5)44(48(46)57)22-26-54(4)42-23-28-56(25-14-19-43(56)39(42)20-21-47(54)55)52(64)59-53(2,3)51-58-45(38-17-10-7-11-18-38)34-61(51)32-31-60-29-12-13-30-60/h6-11,15-18,34,36,39-44,46-48H,12-14,19-33,35,57H2,1-5H3,(H,59,64). The molecular formula is C56H77N5O5. The van der Waals surface area contributed by atoms with Crippen LogP contribution < -0.4 is 11.1 Å². The summed E-state index contributed by atoms with van der Waals surface area (Å²) in [5.74, 6) is 2.48. The van der Waals surface area contributed by atoms with Gasteiger partial charge in [0.15, 0.2) is 0 Å². The first-order valence-corrected chi connectivity index (χ1v) is 26.1. The largest absolute Gasteiger partial charge is 0.461 e. The van der Waals surface area contributed by atoms with Crippen LogP contribution in [0.2, 0.25) is 0 Å². The van der Waals surface area contributed by atoms with Crippen molar-refractivity contribution in [3.63, 3.8) is 0 Å². The fourth-order valence-corrected chi connectivity index (χ4v) is 16.1. The van der Waals surface area contributed by atoms with Gasteiger partial charge in [-0.05, 0) is 162 Å². The molecule has 0 spiro atoms. The first-order valence-electron chi connectivity index (χ1n) is 26.1. The molecule has 10 nitrogen and oxygen atoms in total. The van der Waals surface area contributed by atoms with E-state index in [1.165, 1.54) is 25.7 Å². The highest BCUT2D eigenvalue weighted by Gasteiger charge is 2.66. The minimum atomic E-state index is -0.633. The number of benzene rings is 2. The molecule has 1 aliphatic heterocycles. The molecule has 1 aromatic heterocycles. The lowest BCUT2D eigenvalue weighted by Gasteiger charge is -2.67. The fraction of sp³-hybridized carbons (Fsp3) is 0.679. The van der Waals surface area contributed by atoms with Crippen LogP contribution in [0.3, 0.4) is 0 Å². The van der Waals surface area contributed by atoms with Crippen molar-refractivity contribution in [1.29, 1.82) is 0 Å². The zero-order valence-electron chi connectivity index (χ0n) is 40.5. The van der Waals surface area contributed by atoms with Crippen molar-refractivity contribution >= 4 is 17.8 Å². The molecule has 3 N–H and O–H groups in total. The Kier molecular flexibility index (Phi) is 12.3. The maximum absolute atomic E-state index is 15.1. The Balaban J connectivity index is 0.786. The molecule has 7 aliphatic rings. The van der Waals surface area contributed by atoms with Crippen molar-refractivity contribution in [1.82, 2.24) is 19.8 Å². The highest BCUT2D eigenvalue weighted by atomic mass is 16.5. The highest BCUT2D eigenvalue weighted by Crippen LogP contribution is 2.71. The number of ether oxygens (including phenoxy) is 2. The van der Waals surface area contributed by atoms with Crippen LogP contribution in [-0.2, 0) is 42.5 Å². The van der Waals surface area contributed by atoms with E-state index >= 15 is 4.79 Å². The van der Waals surface area contributed by atoms with Gasteiger partial charge in [0, 0.05) is 30.9 Å². The molecule has 0 radical (unpaired) electrons. The Bertz CT molecular complexity index is 2240. The van der Waals surface area contributed by atoms with E-state index in [-0.39, 0.29) is 70.6 Å². The van der Waals surface area contributed by atoms with E-state index in [4.69, 9.17) is 20.2 Å². The Morgan fingerprint density at radius 1 is 0.788 bits per heavy atom. The third kappa shape index (κ3) is 7.95. The van der Waals surface area contributed by atoms with Crippen LogP contribution in [0.5, 0.6) is 0 Å². The van der Waals surface area contributed by atoms with Crippen LogP contribution in [0.4, 0.5) is 0 Å². The van der Waals surface area contributed by atoms with Crippen LogP contribution in [0.15, 0.2) is 66.9 Å². The van der Waals surface area contributed by atoms with Gasteiger partial charge in [-0.3, -0.25) is 14.4 Å². The van der Waals surface area contributed by atoms with E-state index in [1.54, 1.807) is 0 Å². The van der Waals surface area contributed by atoms with E-state index in [0.29, 0.717) is 36.0 Å². The van der Waals surface area contributed by atoms with E-state index in [2.05, 4.69) is 72.9 Å². The van der Waals surface area contributed by atoms with Crippen molar-refractivity contribution < 1.29 is 23.9 Å². The SMILES string of the molecule is CC1C(C(=O)OCc2ccccc2)CC1C(=O)OC1CCC2(C)C(CCC3(C)C4CCC5(C(=O)NC(C)(C)c6nc(-c7ccccc7)cn6CCN6CCCC6)CCCC5C4CCC23)C1N. The average Bonchev–Trinajstić information content (AvgIpc) is 4.10. The molecule has 1 amide bonds. The van der Waals surface area contributed by atoms with E-state index in [9.17, 15) is 9.59 Å². The third-order valence-electron chi connectivity index (χ3n) is 19.7. The minimum Gasteiger partial charge on any atom is -0.461 e. The summed E-state index contributed by atoms with van der Waals surface area (Å²) in [6.45, 7) is 15.9. The normalized spacial score (nSPS) is 37.4. The van der Waals surface area contributed by atoms with Gasteiger partial charge in [0.2, 0.25) is 5.91 Å². The van der Waals surface area contributed by atoms with Gasteiger partial charge in [-0.15, -0.1) is 0 Å². The Morgan fingerprint density at radius 3 is 2.21 bits per heavy atom. The Labute approximate surface area is 393 Å². The molecule has 10 heteroatoms. The molecule has 13 atom stereocenters. The van der Waals surface area contributed by atoms with Crippen molar-refractivity contribution in [2.75, 3.05) is 19.6 Å². The molecule has 7 fully saturated rings. The monoisotopic (exact) mass is 900 g/mol. The maximum Gasteiger partial charge on any atom is 0.309 e.